The molecule has 0 heterocycles. The zero-order valence-electron chi connectivity index (χ0n) is 19.2. The maximum atomic E-state index is 9.29. The van der Waals surface area contributed by atoms with Crippen LogP contribution in [-0.4, -0.2) is 0 Å². The summed E-state index contributed by atoms with van der Waals surface area (Å²) in [4.78, 5) is 21.7. The SMILES string of the molecule is CCCCCCCC[CH2][Mo+3]([CH2]CCCCCCCC)[c]1ccccc1.[O-]P([O-])(=S)[S-]. The number of rotatable bonds is 17. The molecule has 30 heavy (non-hydrogen) atoms. The number of hydrogen-bond donors (Lipinski definition) is 0. The summed E-state index contributed by atoms with van der Waals surface area (Å²) in [5.74, 6) is 0. The fourth-order valence-electron chi connectivity index (χ4n) is 3.42. The number of unbranched alkanes of at least 4 members (excludes halogenated alkanes) is 12. The monoisotopic (exact) mass is 556 g/mol. The van der Waals surface area contributed by atoms with Crippen LogP contribution in [0.1, 0.15) is 104 Å². The van der Waals surface area contributed by atoms with E-state index in [1.54, 1.807) is 13.6 Å². The van der Waals surface area contributed by atoms with Gasteiger partial charge >= 0.3 is 165 Å². The van der Waals surface area contributed by atoms with Crippen molar-refractivity contribution in [3.63, 3.8) is 0 Å². The van der Waals surface area contributed by atoms with Crippen LogP contribution in [0.15, 0.2) is 30.3 Å². The van der Waals surface area contributed by atoms with Gasteiger partial charge in [0.05, 0.1) is 0 Å². The van der Waals surface area contributed by atoms with E-state index >= 15 is 0 Å². The maximum absolute atomic E-state index is 9.29. The molecule has 0 bridgehead atoms. The molecule has 0 aliphatic heterocycles. The Morgan fingerprint density at radius 3 is 1.40 bits per heavy atom. The normalized spacial score (nSPS) is 11.1. The van der Waals surface area contributed by atoms with Gasteiger partial charge in [-0.25, -0.2) is 0 Å². The molecule has 0 saturated heterocycles. The second-order valence-electron chi connectivity index (χ2n) is 7.90. The average Bonchev–Trinajstić information content (AvgIpc) is 2.70. The molecule has 0 radical (unpaired) electrons. The molecule has 0 fully saturated rings. The molecule has 0 aliphatic rings. The first-order valence-corrected chi connectivity index (χ1v) is 19.3. The van der Waals surface area contributed by atoms with Crippen molar-refractivity contribution in [2.45, 2.75) is 113 Å². The zero-order valence-corrected chi connectivity index (χ0v) is 23.7. The molecule has 0 saturated carbocycles. The van der Waals surface area contributed by atoms with E-state index in [-0.39, 0.29) is 0 Å². The summed E-state index contributed by atoms with van der Waals surface area (Å²) in [5.41, 5.74) is -3.72. The van der Waals surface area contributed by atoms with Gasteiger partial charge in [0.2, 0.25) is 0 Å². The summed E-state index contributed by atoms with van der Waals surface area (Å²) >= 11 is 6.22. The van der Waals surface area contributed by atoms with E-state index < -0.39 is 23.0 Å². The van der Waals surface area contributed by atoms with Crippen LogP contribution in [-0.2, 0) is 41.4 Å². The Morgan fingerprint density at radius 2 is 1.03 bits per heavy atom. The molecule has 174 valence electrons. The van der Waals surface area contributed by atoms with Gasteiger partial charge in [-0.3, -0.25) is 0 Å². The maximum Gasteiger partial charge on any atom is -0.160 e. The molecule has 1 rings (SSSR count). The van der Waals surface area contributed by atoms with E-state index in [4.69, 9.17) is 0 Å². The standard InChI is InChI=1S/2C9H19.C6H5.Mo.H3O2PS2/c2*1-3-5-7-9-8-6-4-2;1-2-4-6-5-3-1;;1-3(2,4)5/h2*1,3-9H2,2H3;1-5H;;(H3,1,2,4,5)/q;;;+3;/p-3. The summed E-state index contributed by atoms with van der Waals surface area (Å²) in [6, 6.07) is 11.6. The molecule has 0 spiro atoms. The first-order chi connectivity index (χ1) is 14.4. The molecule has 0 aliphatic carbocycles. The predicted molar refractivity (Wildman–Crippen MR) is 133 cm³/mol. The van der Waals surface area contributed by atoms with Gasteiger partial charge in [-0.1, -0.05) is 0 Å². The number of hydrogen-bond acceptors (Lipinski definition) is 4. The van der Waals surface area contributed by atoms with Crippen molar-refractivity contribution in [3.05, 3.63) is 30.3 Å². The second-order valence-corrected chi connectivity index (χ2v) is 18.0. The Morgan fingerprint density at radius 1 is 0.700 bits per heavy atom. The summed E-state index contributed by atoms with van der Waals surface area (Å²) in [7, 11) is 0. The Kier molecular flexibility index (Phi) is 22.3. The van der Waals surface area contributed by atoms with E-state index in [0.29, 0.717) is 0 Å². The first-order valence-electron chi connectivity index (χ1n) is 11.8. The third kappa shape index (κ3) is 23.5. The third-order valence-electron chi connectivity index (χ3n) is 5.07. The predicted octanol–water partition coefficient (Wildman–Crippen LogP) is 6.75. The molecule has 0 atom stereocenters. The summed E-state index contributed by atoms with van der Waals surface area (Å²) < 4.78 is 1.75. The van der Waals surface area contributed by atoms with Crippen LogP contribution in [0, 0.1) is 0 Å². The molecule has 2 nitrogen and oxygen atoms in total. The van der Waals surface area contributed by atoms with E-state index in [2.05, 4.69) is 68.2 Å². The van der Waals surface area contributed by atoms with Crippen molar-refractivity contribution in [2.24, 2.45) is 0 Å². The molecular weight excluding hydrogens is 511 g/mol. The fraction of sp³-hybridized carbons (Fsp3) is 0.750. The summed E-state index contributed by atoms with van der Waals surface area (Å²) in [6.07, 6.45) is 20.3. The Bertz CT molecular complexity index is 499. The minimum Gasteiger partial charge on any atom is -0.850 e. The van der Waals surface area contributed by atoms with Crippen molar-refractivity contribution < 1.29 is 27.1 Å². The van der Waals surface area contributed by atoms with Crippen molar-refractivity contribution in [1.29, 1.82) is 0 Å². The molecule has 1 aromatic rings. The molecule has 0 unspecified atom stereocenters. The van der Waals surface area contributed by atoms with Crippen LogP contribution in [0.25, 0.3) is 0 Å². The Balaban J connectivity index is 0.00000150. The molecular formula is C24H43MoO2PS2. The average molecular weight is 555 g/mol. The van der Waals surface area contributed by atoms with Gasteiger partial charge in [-0.2, -0.15) is 11.8 Å². The van der Waals surface area contributed by atoms with Crippen LogP contribution in [0.5, 0.6) is 0 Å². The first kappa shape index (κ1) is 30.8. The minimum atomic E-state index is -3.72. The van der Waals surface area contributed by atoms with Gasteiger partial charge in [0, 0.05) is 0 Å². The van der Waals surface area contributed by atoms with Gasteiger partial charge in [0.25, 0.3) is 0 Å². The molecule has 0 amide bonds. The van der Waals surface area contributed by atoms with Gasteiger partial charge < -0.3 is 27.7 Å². The summed E-state index contributed by atoms with van der Waals surface area (Å²) in [6.45, 7) is 4.61. The van der Waals surface area contributed by atoms with E-state index in [1.807, 2.05) is 0 Å². The zero-order chi connectivity index (χ0) is 22.5. The molecule has 6 heteroatoms. The molecule has 0 aromatic heterocycles. The largest absolute Gasteiger partial charge is 0.850 e. The topological polar surface area (TPSA) is 46.1 Å². The van der Waals surface area contributed by atoms with Crippen LogP contribution in [0.3, 0.4) is 0 Å². The summed E-state index contributed by atoms with van der Waals surface area (Å²) in [5, 5.41) is 0. The number of benzene rings is 1. The van der Waals surface area contributed by atoms with Crippen molar-refractivity contribution in [2.75, 3.05) is 0 Å². The minimum absolute atomic E-state index is 1.06. The van der Waals surface area contributed by atoms with Gasteiger partial charge in [0.1, 0.15) is 0 Å². The van der Waals surface area contributed by atoms with Crippen molar-refractivity contribution in [1.82, 2.24) is 0 Å². The van der Waals surface area contributed by atoms with Crippen LogP contribution < -0.4 is 13.7 Å². The molecule has 0 N–H and O–H groups in total. The van der Waals surface area contributed by atoms with E-state index in [0.717, 1.165) is 0 Å². The second kappa shape index (κ2) is 21.7. The Labute approximate surface area is 203 Å². The van der Waals surface area contributed by atoms with Gasteiger partial charge in [0.15, 0.2) is 0 Å². The van der Waals surface area contributed by atoms with E-state index in [9.17, 15) is 9.79 Å². The van der Waals surface area contributed by atoms with Crippen molar-refractivity contribution >= 4 is 33.7 Å². The smallest absolute Gasteiger partial charge is 0.160 e. The van der Waals surface area contributed by atoms with Crippen LogP contribution >= 0.6 is 5.69 Å². The third-order valence-corrected chi connectivity index (χ3v) is 11.2. The quantitative estimate of drug-likeness (QED) is 0.0926. The fourth-order valence-corrected chi connectivity index (χ4v) is 9.13. The Hall–Kier alpha value is 0.828. The van der Waals surface area contributed by atoms with Crippen LogP contribution in [0.2, 0.25) is 9.62 Å². The van der Waals surface area contributed by atoms with Gasteiger partial charge in [-0.15, -0.1) is 0 Å². The van der Waals surface area contributed by atoms with Crippen molar-refractivity contribution in [3.8, 4) is 0 Å². The van der Waals surface area contributed by atoms with Gasteiger partial charge in [-0.05, 0) is 0 Å². The molecule has 1 aromatic carbocycles. The van der Waals surface area contributed by atoms with E-state index in [1.165, 1.54) is 89.9 Å². The van der Waals surface area contributed by atoms with Crippen LogP contribution in [0.4, 0.5) is 0 Å².